The first kappa shape index (κ1) is 26.5. The highest BCUT2D eigenvalue weighted by Gasteiger charge is 2.30. The van der Waals surface area contributed by atoms with Gasteiger partial charge in [0.2, 0.25) is 0 Å². The molecule has 0 N–H and O–H groups in total. The molecule has 5 nitrogen and oxygen atoms in total. The molecule has 2 aromatic heterocycles. The smallest absolute Gasteiger partial charge is 0.262 e. The van der Waals surface area contributed by atoms with Gasteiger partial charge in [0, 0.05) is 24.6 Å². The topological polar surface area (TPSA) is 64.3 Å². The van der Waals surface area contributed by atoms with Gasteiger partial charge in [0.25, 0.3) is 11.1 Å². The highest BCUT2D eigenvalue weighted by molar-refractivity contribution is 6.49. The monoisotopic (exact) mass is 573 g/mol. The number of pyridine rings is 1. The van der Waals surface area contributed by atoms with Crippen LogP contribution in [-0.4, -0.2) is 16.3 Å². The summed E-state index contributed by atoms with van der Waals surface area (Å²) in [5, 5.41) is 11.8. The molecule has 1 atom stereocenters. The minimum Gasteiger partial charge on any atom is -0.272 e. The number of allylic oxidation sites excluding steroid dienone is 3. The van der Waals surface area contributed by atoms with E-state index in [2.05, 4.69) is 66.1 Å². The number of hydrogen-bond donors (Lipinski definition) is 0. The molecule has 0 bridgehead atoms. The van der Waals surface area contributed by atoms with Gasteiger partial charge in [-0.05, 0) is 133 Å². The largest absolute Gasteiger partial charge is 0.272 e. The Balaban J connectivity index is 1.68. The molecule has 1 unspecified atom stereocenters. The summed E-state index contributed by atoms with van der Waals surface area (Å²) in [6.45, 7) is 9.77. The molecule has 2 heterocycles. The van der Waals surface area contributed by atoms with Gasteiger partial charge in [-0.3, -0.25) is 24.1 Å². The molecule has 0 saturated carbocycles. The second kappa shape index (κ2) is 9.68. The van der Waals surface area contributed by atoms with Crippen molar-refractivity contribution in [1.82, 2.24) is 9.55 Å². The normalized spacial score (nSPS) is 13.8. The molecular weight excluding hydrogens is 542 g/mol. The Kier molecular flexibility index (Phi) is 5.82. The minimum atomic E-state index is -0.195. The van der Waals surface area contributed by atoms with Crippen molar-refractivity contribution in [3.05, 3.63) is 106 Å². The van der Waals surface area contributed by atoms with E-state index in [-0.39, 0.29) is 17.2 Å². The quantitative estimate of drug-likeness (QED) is 0.103. The summed E-state index contributed by atoms with van der Waals surface area (Å²) in [6, 6.07) is 16.9. The van der Waals surface area contributed by atoms with Crippen molar-refractivity contribution >= 4 is 76.9 Å². The fourth-order valence-electron chi connectivity index (χ4n) is 7.72. The molecule has 6 aromatic carbocycles. The summed E-state index contributed by atoms with van der Waals surface area (Å²) in [6.07, 6.45) is 12.1. The van der Waals surface area contributed by atoms with Crippen LogP contribution in [0, 0.1) is 0 Å². The molecule has 214 valence electrons. The van der Waals surface area contributed by atoms with Gasteiger partial charge < -0.3 is 0 Å². The van der Waals surface area contributed by atoms with Crippen LogP contribution in [0.15, 0.2) is 93.9 Å². The lowest BCUT2D eigenvalue weighted by atomic mass is 9.89. The first-order chi connectivity index (χ1) is 21.5. The minimum absolute atomic E-state index is 0.189. The molecule has 0 aliphatic heterocycles. The zero-order valence-electron chi connectivity index (χ0n) is 25.1. The number of aromatic nitrogens is 2. The van der Waals surface area contributed by atoms with Gasteiger partial charge in [0.05, 0.1) is 10.8 Å². The SMILES string of the molecule is C=N/C=C\C(=C/C)c1cc2c3c(=O)n(C(C)CCCC)c(=O)c3c3cc(-c4ccncc4)c4ccc5ccc1c1c5c4c3c21. The molecule has 5 heteroatoms. The average molecular weight is 574 g/mol. The fourth-order valence-corrected chi connectivity index (χ4v) is 7.72. The first-order valence-electron chi connectivity index (χ1n) is 15.4. The Morgan fingerprint density at radius 1 is 0.864 bits per heavy atom. The Bertz CT molecular complexity index is 2560. The van der Waals surface area contributed by atoms with Gasteiger partial charge in [0.15, 0.2) is 0 Å². The van der Waals surface area contributed by atoms with Crippen molar-refractivity contribution in [3.8, 4) is 11.1 Å². The van der Waals surface area contributed by atoms with Crippen LogP contribution >= 0.6 is 0 Å². The number of unbranched alkanes of at least 4 members (excludes halogenated alkanes) is 1. The van der Waals surface area contributed by atoms with E-state index >= 15 is 0 Å². The molecule has 0 aliphatic rings. The van der Waals surface area contributed by atoms with Crippen molar-refractivity contribution < 1.29 is 0 Å². The van der Waals surface area contributed by atoms with Crippen LogP contribution in [0.25, 0.3) is 81.3 Å². The predicted octanol–water partition coefficient (Wildman–Crippen LogP) is 9.31. The lowest BCUT2D eigenvalue weighted by Crippen LogP contribution is -2.28. The van der Waals surface area contributed by atoms with Crippen LogP contribution < -0.4 is 11.1 Å². The van der Waals surface area contributed by atoms with Crippen LogP contribution in [0.3, 0.4) is 0 Å². The first-order valence-corrected chi connectivity index (χ1v) is 15.4. The van der Waals surface area contributed by atoms with E-state index in [0.29, 0.717) is 10.8 Å². The summed E-state index contributed by atoms with van der Waals surface area (Å²) in [5.74, 6) is 0. The van der Waals surface area contributed by atoms with E-state index in [1.54, 1.807) is 18.6 Å². The third kappa shape index (κ3) is 3.35. The van der Waals surface area contributed by atoms with Crippen LogP contribution in [0.4, 0.5) is 0 Å². The maximum Gasteiger partial charge on any atom is 0.262 e. The molecule has 0 fully saturated rings. The van der Waals surface area contributed by atoms with Gasteiger partial charge >= 0.3 is 0 Å². The van der Waals surface area contributed by atoms with Crippen LogP contribution in [0.1, 0.15) is 51.6 Å². The van der Waals surface area contributed by atoms with E-state index in [0.717, 1.165) is 90.0 Å². The van der Waals surface area contributed by atoms with Gasteiger partial charge in [-0.2, -0.15) is 0 Å². The van der Waals surface area contributed by atoms with Crippen LogP contribution in [0.2, 0.25) is 0 Å². The Labute approximate surface area is 253 Å². The van der Waals surface area contributed by atoms with E-state index in [1.165, 1.54) is 9.95 Å². The Morgan fingerprint density at radius 2 is 1.50 bits per heavy atom. The molecule has 0 aliphatic carbocycles. The predicted molar refractivity (Wildman–Crippen MR) is 187 cm³/mol. The standard InChI is InChI=1S/C39H31N3O2/c1-5-7-8-21(3)42-38(43)36-29-19-27(22(6-2)13-16-40-4)25-11-9-24-10-12-26-28(23-14-17-41-18-15-23)20-30(37(36)39(42)44)35-33(26)31(24)32(25)34(29)35/h6,9-21H,4-5,7-8H2,1-3H3/b16-13-,22-6+. The number of aliphatic imine (C=N–C) groups is 1. The van der Waals surface area contributed by atoms with Gasteiger partial charge in [-0.15, -0.1) is 0 Å². The summed E-state index contributed by atoms with van der Waals surface area (Å²) in [4.78, 5) is 37.2. The lowest BCUT2D eigenvalue weighted by molar-refractivity contribution is 0.470. The summed E-state index contributed by atoms with van der Waals surface area (Å²) >= 11 is 0. The zero-order chi connectivity index (χ0) is 30.3. The van der Waals surface area contributed by atoms with Gasteiger partial charge in [0.1, 0.15) is 0 Å². The third-order valence-electron chi connectivity index (χ3n) is 9.68. The number of nitrogens with zero attached hydrogens (tertiary/aromatic N) is 3. The number of rotatable bonds is 8. The molecule has 0 amide bonds. The van der Waals surface area contributed by atoms with E-state index in [9.17, 15) is 9.59 Å². The van der Waals surface area contributed by atoms with Crippen molar-refractivity contribution in [2.24, 2.45) is 4.99 Å². The molecule has 0 spiro atoms. The van der Waals surface area contributed by atoms with Crippen molar-refractivity contribution in [2.75, 3.05) is 0 Å². The molecular formula is C39H31N3O2. The second-order valence-corrected chi connectivity index (χ2v) is 12.0. The molecule has 8 rings (SSSR count). The lowest BCUT2D eigenvalue weighted by Gasteiger charge is -2.13. The second-order valence-electron chi connectivity index (χ2n) is 12.0. The van der Waals surface area contributed by atoms with Crippen molar-refractivity contribution in [1.29, 1.82) is 0 Å². The van der Waals surface area contributed by atoms with Gasteiger partial charge in [-0.25, -0.2) is 0 Å². The van der Waals surface area contributed by atoms with Gasteiger partial charge in [-0.1, -0.05) is 50.1 Å². The Morgan fingerprint density at radius 3 is 2.16 bits per heavy atom. The Hall–Kier alpha value is -5.16. The van der Waals surface area contributed by atoms with Crippen LogP contribution in [-0.2, 0) is 0 Å². The van der Waals surface area contributed by atoms with E-state index in [4.69, 9.17) is 0 Å². The fraction of sp³-hybridized carbons (Fsp3) is 0.179. The highest BCUT2D eigenvalue weighted by Crippen LogP contribution is 2.53. The summed E-state index contributed by atoms with van der Waals surface area (Å²) in [7, 11) is 0. The van der Waals surface area contributed by atoms with Crippen molar-refractivity contribution in [3.63, 3.8) is 0 Å². The zero-order valence-corrected chi connectivity index (χ0v) is 25.1. The summed E-state index contributed by atoms with van der Waals surface area (Å²) in [5.41, 5.74) is 3.67. The highest BCUT2D eigenvalue weighted by atomic mass is 16.2. The molecule has 0 radical (unpaired) electrons. The third-order valence-corrected chi connectivity index (χ3v) is 9.68. The van der Waals surface area contributed by atoms with Crippen LogP contribution in [0.5, 0.6) is 0 Å². The van der Waals surface area contributed by atoms with E-state index < -0.39 is 0 Å². The summed E-state index contributed by atoms with van der Waals surface area (Å²) < 4.78 is 1.52. The maximum absolute atomic E-state index is 14.5. The number of benzene rings is 5. The molecule has 44 heavy (non-hydrogen) atoms. The number of fused-ring (bicyclic) bond motifs is 3. The van der Waals surface area contributed by atoms with Crippen molar-refractivity contribution in [2.45, 2.75) is 46.1 Å². The van der Waals surface area contributed by atoms with E-state index in [1.807, 2.05) is 32.1 Å². The maximum atomic E-state index is 14.5. The molecule has 8 aromatic rings. The average Bonchev–Trinajstić information content (AvgIpc) is 3.55. The molecule has 0 saturated heterocycles. The number of hydrogen-bond acceptors (Lipinski definition) is 4.